The van der Waals surface area contributed by atoms with Gasteiger partial charge in [-0.15, -0.1) is 11.3 Å². The van der Waals surface area contributed by atoms with Crippen LogP contribution in [0.3, 0.4) is 0 Å². The molecule has 17 heavy (non-hydrogen) atoms. The van der Waals surface area contributed by atoms with Crippen LogP contribution in [-0.2, 0) is 6.54 Å². The Bertz CT molecular complexity index is 512. The van der Waals surface area contributed by atoms with Crippen LogP contribution in [0, 0.1) is 13.8 Å². The van der Waals surface area contributed by atoms with Crippen LogP contribution in [0.15, 0.2) is 11.6 Å². The van der Waals surface area contributed by atoms with Gasteiger partial charge >= 0.3 is 0 Å². The fourth-order valence-corrected chi connectivity index (χ4v) is 2.10. The molecule has 0 aliphatic carbocycles. The summed E-state index contributed by atoms with van der Waals surface area (Å²) in [5.74, 6) is 1.15. The predicted octanol–water partition coefficient (Wildman–Crippen LogP) is 2.17. The molecular formula is C11H14N4OS. The third-order valence-electron chi connectivity index (χ3n) is 2.29. The molecule has 90 valence electrons. The summed E-state index contributed by atoms with van der Waals surface area (Å²) in [5, 5.41) is 3.17. The van der Waals surface area contributed by atoms with Gasteiger partial charge in [-0.3, -0.25) is 0 Å². The molecule has 6 heteroatoms. The van der Waals surface area contributed by atoms with E-state index in [2.05, 4.69) is 20.3 Å². The lowest BCUT2D eigenvalue weighted by atomic mass is 10.4. The van der Waals surface area contributed by atoms with E-state index in [1.165, 1.54) is 4.88 Å². The molecule has 0 aliphatic heterocycles. The maximum atomic E-state index is 5.10. The number of rotatable bonds is 4. The van der Waals surface area contributed by atoms with Gasteiger partial charge < -0.3 is 10.1 Å². The average molecular weight is 250 g/mol. The number of methoxy groups -OCH3 is 1. The zero-order valence-corrected chi connectivity index (χ0v) is 10.8. The van der Waals surface area contributed by atoms with Gasteiger partial charge in [0, 0.05) is 16.6 Å². The normalized spacial score (nSPS) is 10.3. The first kappa shape index (κ1) is 11.8. The number of ether oxygens (including phenoxy) is 1. The Morgan fingerprint density at radius 1 is 1.35 bits per heavy atom. The molecule has 2 heterocycles. The molecule has 0 saturated carbocycles. The van der Waals surface area contributed by atoms with Crippen LogP contribution in [0.2, 0.25) is 0 Å². The van der Waals surface area contributed by atoms with Crippen molar-refractivity contribution in [2.45, 2.75) is 20.4 Å². The van der Waals surface area contributed by atoms with E-state index in [4.69, 9.17) is 4.74 Å². The molecule has 0 saturated heterocycles. The highest BCUT2D eigenvalue weighted by atomic mass is 32.1. The summed E-state index contributed by atoms with van der Waals surface area (Å²) in [6.45, 7) is 4.58. The number of aryl methyl sites for hydroxylation is 2. The second-order valence-electron chi connectivity index (χ2n) is 3.59. The van der Waals surface area contributed by atoms with Gasteiger partial charge in [0.1, 0.15) is 0 Å². The van der Waals surface area contributed by atoms with Crippen LogP contribution < -0.4 is 10.1 Å². The molecule has 0 radical (unpaired) electrons. The molecule has 5 nitrogen and oxygen atoms in total. The number of nitrogens with one attached hydrogen (secondary N) is 1. The van der Waals surface area contributed by atoms with Crippen molar-refractivity contribution >= 4 is 17.3 Å². The third kappa shape index (κ3) is 2.91. The topological polar surface area (TPSA) is 59.9 Å². The van der Waals surface area contributed by atoms with Gasteiger partial charge in [0.25, 0.3) is 0 Å². The Balaban J connectivity index is 2.09. The molecule has 0 bridgehead atoms. The lowest BCUT2D eigenvalue weighted by molar-refractivity contribution is 0.397. The molecule has 0 aromatic carbocycles. The number of thiazole rings is 1. The minimum atomic E-state index is 0.570. The van der Waals surface area contributed by atoms with Crippen molar-refractivity contribution in [3.63, 3.8) is 0 Å². The summed E-state index contributed by atoms with van der Waals surface area (Å²) >= 11 is 1.62. The third-order valence-corrected chi connectivity index (χ3v) is 3.23. The van der Waals surface area contributed by atoms with E-state index < -0.39 is 0 Å². The smallest absolute Gasteiger partial charge is 0.226 e. The molecule has 2 rings (SSSR count). The molecule has 0 amide bonds. The Labute approximate surface area is 104 Å². The van der Waals surface area contributed by atoms with Crippen molar-refractivity contribution in [2.24, 2.45) is 0 Å². The summed E-state index contributed by atoms with van der Waals surface area (Å²) in [6, 6.07) is 1.79. The zero-order chi connectivity index (χ0) is 12.3. The lowest BCUT2D eigenvalue weighted by Crippen LogP contribution is -2.05. The largest absolute Gasteiger partial charge is 0.481 e. The van der Waals surface area contributed by atoms with Gasteiger partial charge in [-0.05, 0) is 13.8 Å². The maximum absolute atomic E-state index is 5.10. The minimum absolute atomic E-state index is 0.570. The monoisotopic (exact) mass is 250 g/mol. The second-order valence-corrected chi connectivity index (χ2v) is 4.53. The van der Waals surface area contributed by atoms with Crippen molar-refractivity contribution < 1.29 is 4.74 Å². The van der Waals surface area contributed by atoms with Crippen molar-refractivity contribution in [2.75, 3.05) is 12.4 Å². The number of aromatic nitrogens is 3. The molecule has 2 aromatic heterocycles. The van der Waals surface area contributed by atoms with Gasteiger partial charge in [0.05, 0.1) is 24.9 Å². The first-order valence-corrected chi connectivity index (χ1v) is 6.09. The summed E-state index contributed by atoms with van der Waals surface area (Å²) in [4.78, 5) is 13.9. The molecule has 1 N–H and O–H groups in total. The first-order chi connectivity index (χ1) is 8.19. The zero-order valence-electron chi connectivity index (χ0n) is 10.0. The number of hydrogen-bond donors (Lipinski definition) is 1. The second kappa shape index (κ2) is 5.09. The van der Waals surface area contributed by atoms with Crippen molar-refractivity contribution in [1.29, 1.82) is 0 Å². The van der Waals surface area contributed by atoms with E-state index >= 15 is 0 Å². The molecular weight excluding hydrogens is 236 g/mol. The Hall–Kier alpha value is -1.69. The fraction of sp³-hybridized carbons (Fsp3) is 0.364. The molecule has 0 spiro atoms. The van der Waals surface area contributed by atoms with Gasteiger partial charge in [-0.25, -0.2) is 9.97 Å². The van der Waals surface area contributed by atoms with E-state index in [1.807, 2.05) is 19.4 Å². The highest BCUT2D eigenvalue weighted by molar-refractivity contribution is 7.09. The molecule has 2 aromatic rings. The Kier molecular flexibility index (Phi) is 3.53. The highest BCUT2D eigenvalue weighted by Crippen LogP contribution is 2.15. The number of hydrogen-bond acceptors (Lipinski definition) is 6. The summed E-state index contributed by atoms with van der Waals surface area (Å²) in [6.07, 6.45) is 0. The molecule has 0 fully saturated rings. The Morgan fingerprint density at radius 3 is 2.82 bits per heavy atom. The average Bonchev–Trinajstić information content (AvgIpc) is 2.71. The van der Waals surface area contributed by atoms with Gasteiger partial charge in [-0.2, -0.15) is 4.98 Å². The molecule has 0 atom stereocenters. The van der Waals surface area contributed by atoms with Crippen LogP contribution in [0.4, 0.5) is 5.95 Å². The molecule has 0 aliphatic rings. The van der Waals surface area contributed by atoms with Crippen molar-refractivity contribution in [3.05, 3.63) is 27.8 Å². The quantitative estimate of drug-likeness (QED) is 0.901. The van der Waals surface area contributed by atoms with Gasteiger partial charge in [0.2, 0.25) is 11.8 Å². The lowest BCUT2D eigenvalue weighted by Gasteiger charge is -2.06. The van der Waals surface area contributed by atoms with Crippen LogP contribution in [0.25, 0.3) is 0 Å². The van der Waals surface area contributed by atoms with Crippen LogP contribution >= 0.6 is 11.3 Å². The predicted molar refractivity (Wildman–Crippen MR) is 67.5 cm³/mol. The SMILES string of the molecule is COc1cc(C)nc(NCc2scnc2C)n1. The standard InChI is InChI=1S/C11H14N4OS/c1-7-4-10(16-3)15-11(14-7)12-5-9-8(2)13-6-17-9/h4,6H,5H2,1-3H3,(H,12,14,15). The fourth-order valence-electron chi connectivity index (χ4n) is 1.38. The van der Waals surface area contributed by atoms with Crippen LogP contribution in [-0.4, -0.2) is 22.1 Å². The Morgan fingerprint density at radius 2 is 2.18 bits per heavy atom. The van der Waals surface area contributed by atoms with Crippen molar-refractivity contribution in [3.8, 4) is 5.88 Å². The summed E-state index contributed by atoms with van der Waals surface area (Å²) in [7, 11) is 1.60. The van der Waals surface area contributed by atoms with E-state index in [0.29, 0.717) is 18.4 Å². The van der Waals surface area contributed by atoms with E-state index in [1.54, 1.807) is 24.5 Å². The maximum Gasteiger partial charge on any atom is 0.226 e. The molecule has 0 unspecified atom stereocenters. The van der Waals surface area contributed by atoms with E-state index in [9.17, 15) is 0 Å². The van der Waals surface area contributed by atoms with Gasteiger partial charge in [0.15, 0.2) is 0 Å². The van der Waals surface area contributed by atoms with Crippen molar-refractivity contribution in [1.82, 2.24) is 15.0 Å². The number of anilines is 1. The first-order valence-electron chi connectivity index (χ1n) is 5.21. The summed E-state index contributed by atoms with van der Waals surface area (Å²) in [5.41, 5.74) is 3.76. The van der Waals surface area contributed by atoms with Gasteiger partial charge in [-0.1, -0.05) is 0 Å². The van der Waals surface area contributed by atoms with Crippen LogP contribution in [0.5, 0.6) is 5.88 Å². The highest BCUT2D eigenvalue weighted by Gasteiger charge is 2.04. The van der Waals surface area contributed by atoms with Crippen LogP contribution in [0.1, 0.15) is 16.3 Å². The summed E-state index contributed by atoms with van der Waals surface area (Å²) < 4.78 is 5.10. The van der Waals surface area contributed by atoms with E-state index in [-0.39, 0.29) is 0 Å². The van der Waals surface area contributed by atoms with E-state index in [0.717, 1.165) is 11.4 Å². The number of nitrogens with zero attached hydrogens (tertiary/aromatic N) is 3. The minimum Gasteiger partial charge on any atom is -0.481 e.